The van der Waals surface area contributed by atoms with Gasteiger partial charge >= 0.3 is 0 Å². The largest absolute Gasteiger partial charge is 0.490 e. The number of nitrogens with zero attached hydrogens (tertiary/aromatic N) is 1. The second-order valence-corrected chi connectivity index (χ2v) is 7.03. The quantitative estimate of drug-likeness (QED) is 0.860. The molecule has 2 heterocycles. The maximum Gasteiger partial charge on any atom is 0.226 e. The van der Waals surface area contributed by atoms with Gasteiger partial charge in [0.05, 0.1) is 18.6 Å². The number of carbonyl (C=O) groups is 2. The van der Waals surface area contributed by atoms with Crippen LogP contribution in [0.25, 0.3) is 11.0 Å². The van der Waals surface area contributed by atoms with Crippen LogP contribution in [0.3, 0.4) is 0 Å². The minimum Gasteiger partial charge on any atom is -0.490 e. The monoisotopic (exact) mass is 358 g/mol. The average molecular weight is 358 g/mol. The Bertz CT molecular complexity index is 811. The molecule has 1 aliphatic rings. The van der Waals surface area contributed by atoms with Crippen LogP contribution in [0.4, 0.5) is 0 Å². The van der Waals surface area contributed by atoms with E-state index in [1.807, 2.05) is 52.0 Å². The summed E-state index contributed by atoms with van der Waals surface area (Å²) in [5.41, 5.74) is 0.687. The molecule has 0 saturated carbocycles. The first-order valence-electron chi connectivity index (χ1n) is 9.15. The number of para-hydroxylation sites is 1. The first kappa shape index (κ1) is 18.3. The highest BCUT2D eigenvalue weighted by atomic mass is 16.5. The summed E-state index contributed by atoms with van der Waals surface area (Å²) in [6.45, 7) is 8.77. The lowest BCUT2D eigenvalue weighted by molar-refractivity contribution is -0.130. The fourth-order valence-corrected chi connectivity index (χ4v) is 3.35. The van der Waals surface area contributed by atoms with Crippen molar-refractivity contribution < 1.29 is 18.7 Å². The predicted octanol–water partition coefficient (Wildman–Crippen LogP) is 3.27. The minimum absolute atomic E-state index is 0.0397. The number of carbonyl (C=O) groups excluding carboxylic acids is 2. The van der Waals surface area contributed by atoms with E-state index in [1.54, 1.807) is 4.90 Å². The molecular weight excluding hydrogens is 332 g/mol. The molecule has 6 nitrogen and oxygen atoms in total. The number of likely N-dealkylation sites (tertiary alicyclic amines) is 1. The standard InChI is InChI=1S/C20H26N2O4/c1-5-25-16-8-6-7-14-9-17(26-19(14)16)13(4)21-20(24)15-10-18(23)22(11-15)12(2)3/h6-9,12-13,15H,5,10-11H2,1-4H3,(H,21,24)/t13-,15-/m1/s1. The summed E-state index contributed by atoms with van der Waals surface area (Å²) in [7, 11) is 0. The molecule has 1 aliphatic heterocycles. The summed E-state index contributed by atoms with van der Waals surface area (Å²) in [6.07, 6.45) is 0.269. The molecule has 2 amide bonds. The Morgan fingerprint density at radius 1 is 1.38 bits per heavy atom. The molecule has 140 valence electrons. The molecule has 1 fully saturated rings. The van der Waals surface area contributed by atoms with Gasteiger partial charge in [0, 0.05) is 24.4 Å². The van der Waals surface area contributed by atoms with E-state index < -0.39 is 0 Å². The summed E-state index contributed by atoms with van der Waals surface area (Å²) in [4.78, 5) is 26.3. The predicted molar refractivity (Wildman–Crippen MR) is 98.9 cm³/mol. The third kappa shape index (κ3) is 3.54. The Hall–Kier alpha value is -2.50. The highest BCUT2D eigenvalue weighted by molar-refractivity contribution is 5.89. The van der Waals surface area contributed by atoms with Crippen molar-refractivity contribution in [2.45, 2.75) is 46.2 Å². The SMILES string of the molecule is CCOc1cccc2cc([C@@H](C)NC(=O)[C@@H]3CC(=O)N(C(C)C)C3)oc12. The Balaban J connectivity index is 1.71. The molecule has 1 N–H and O–H groups in total. The van der Waals surface area contributed by atoms with E-state index >= 15 is 0 Å². The second kappa shape index (κ2) is 7.40. The number of rotatable bonds is 6. The second-order valence-electron chi connectivity index (χ2n) is 7.03. The molecule has 1 aromatic heterocycles. The Morgan fingerprint density at radius 2 is 2.15 bits per heavy atom. The number of fused-ring (bicyclic) bond motifs is 1. The minimum atomic E-state index is -0.310. The number of benzene rings is 1. The Morgan fingerprint density at radius 3 is 2.81 bits per heavy atom. The number of ether oxygens (including phenoxy) is 1. The van der Waals surface area contributed by atoms with Crippen molar-refractivity contribution in [2.24, 2.45) is 5.92 Å². The molecule has 0 radical (unpaired) electrons. The number of hydrogen-bond donors (Lipinski definition) is 1. The zero-order chi connectivity index (χ0) is 18.8. The van der Waals surface area contributed by atoms with E-state index in [9.17, 15) is 9.59 Å². The molecule has 6 heteroatoms. The third-order valence-corrected chi connectivity index (χ3v) is 4.77. The maximum atomic E-state index is 12.6. The van der Waals surface area contributed by atoms with Crippen LogP contribution in [-0.2, 0) is 9.59 Å². The summed E-state index contributed by atoms with van der Waals surface area (Å²) in [5.74, 6) is 0.988. The van der Waals surface area contributed by atoms with Crippen molar-refractivity contribution in [1.82, 2.24) is 10.2 Å². The molecule has 1 saturated heterocycles. The molecule has 2 atom stereocenters. The van der Waals surface area contributed by atoms with Crippen molar-refractivity contribution in [3.63, 3.8) is 0 Å². The average Bonchev–Trinajstić information content (AvgIpc) is 3.19. The molecule has 26 heavy (non-hydrogen) atoms. The van der Waals surface area contributed by atoms with Gasteiger partial charge in [0.1, 0.15) is 5.76 Å². The molecule has 0 bridgehead atoms. The summed E-state index contributed by atoms with van der Waals surface area (Å²) in [5, 5.41) is 3.92. The van der Waals surface area contributed by atoms with Gasteiger partial charge in [0.2, 0.25) is 11.8 Å². The molecular formula is C20H26N2O4. The molecule has 1 aromatic carbocycles. The Kier molecular flexibility index (Phi) is 5.20. The zero-order valence-corrected chi connectivity index (χ0v) is 15.7. The topological polar surface area (TPSA) is 71.8 Å². The molecule has 2 aromatic rings. The molecule has 0 spiro atoms. The van der Waals surface area contributed by atoms with Gasteiger partial charge < -0.3 is 19.4 Å². The lowest BCUT2D eigenvalue weighted by atomic mass is 10.1. The smallest absolute Gasteiger partial charge is 0.226 e. The molecule has 0 aliphatic carbocycles. The van der Waals surface area contributed by atoms with Gasteiger partial charge in [-0.05, 0) is 39.8 Å². The van der Waals surface area contributed by atoms with E-state index in [0.717, 1.165) is 5.39 Å². The van der Waals surface area contributed by atoms with Gasteiger partial charge in [-0.25, -0.2) is 0 Å². The van der Waals surface area contributed by atoms with Gasteiger partial charge in [-0.1, -0.05) is 12.1 Å². The van der Waals surface area contributed by atoms with Gasteiger partial charge in [-0.15, -0.1) is 0 Å². The van der Waals surface area contributed by atoms with Crippen LogP contribution in [0, 0.1) is 5.92 Å². The van der Waals surface area contributed by atoms with E-state index in [-0.39, 0.29) is 36.2 Å². The van der Waals surface area contributed by atoms with Gasteiger partial charge in [-0.3, -0.25) is 9.59 Å². The first-order chi connectivity index (χ1) is 12.4. The number of hydrogen-bond acceptors (Lipinski definition) is 4. The van der Waals surface area contributed by atoms with Crippen LogP contribution in [0.5, 0.6) is 5.75 Å². The Labute approximate surface area is 153 Å². The fraction of sp³-hybridized carbons (Fsp3) is 0.500. The lowest BCUT2D eigenvalue weighted by Crippen LogP contribution is -2.36. The maximum absolute atomic E-state index is 12.6. The van der Waals surface area contributed by atoms with Crippen molar-refractivity contribution in [3.05, 3.63) is 30.0 Å². The molecule has 0 unspecified atom stereocenters. The number of furan rings is 1. The summed E-state index contributed by atoms with van der Waals surface area (Å²) >= 11 is 0. The normalized spacial score (nSPS) is 18.6. The van der Waals surface area contributed by atoms with Crippen molar-refractivity contribution in [3.8, 4) is 5.75 Å². The highest BCUT2D eigenvalue weighted by Gasteiger charge is 2.36. The van der Waals surface area contributed by atoms with Gasteiger partial charge in [0.25, 0.3) is 0 Å². The van der Waals surface area contributed by atoms with Crippen LogP contribution in [-0.4, -0.2) is 35.9 Å². The third-order valence-electron chi connectivity index (χ3n) is 4.77. The summed E-state index contributed by atoms with van der Waals surface area (Å²) in [6, 6.07) is 7.49. The number of nitrogens with one attached hydrogen (secondary N) is 1. The van der Waals surface area contributed by atoms with Crippen LogP contribution in [0.2, 0.25) is 0 Å². The van der Waals surface area contributed by atoms with Gasteiger partial charge in [0.15, 0.2) is 11.3 Å². The fourth-order valence-electron chi connectivity index (χ4n) is 3.35. The molecule has 3 rings (SSSR count). The van der Waals surface area contributed by atoms with Crippen LogP contribution < -0.4 is 10.1 Å². The summed E-state index contributed by atoms with van der Waals surface area (Å²) < 4.78 is 11.5. The van der Waals surface area contributed by atoms with Crippen LogP contribution >= 0.6 is 0 Å². The van der Waals surface area contributed by atoms with E-state index in [2.05, 4.69) is 5.32 Å². The van der Waals surface area contributed by atoms with Crippen molar-refractivity contribution >= 4 is 22.8 Å². The number of amides is 2. The first-order valence-corrected chi connectivity index (χ1v) is 9.15. The highest BCUT2D eigenvalue weighted by Crippen LogP contribution is 2.31. The van der Waals surface area contributed by atoms with Crippen LogP contribution in [0.1, 0.15) is 45.9 Å². The van der Waals surface area contributed by atoms with E-state index in [4.69, 9.17) is 9.15 Å². The van der Waals surface area contributed by atoms with E-state index in [0.29, 0.717) is 30.2 Å². The van der Waals surface area contributed by atoms with Crippen molar-refractivity contribution in [1.29, 1.82) is 0 Å². The van der Waals surface area contributed by atoms with Crippen molar-refractivity contribution in [2.75, 3.05) is 13.2 Å². The zero-order valence-electron chi connectivity index (χ0n) is 15.7. The van der Waals surface area contributed by atoms with Crippen LogP contribution in [0.15, 0.2) is 28.7 Å². The van der Waals surface area contributed by atoms with Gasteiger partial charge in [-0.2, -0.15) is 0 Å². The van der Waals surface area contributed by atoms with E-state index in [1.165, 1.54) is 0 Å². The lowest BCUT2D eigenvalue weighted by Gasteiger charge is -2.21.